The second-order valence-electron chi connectivity index (χ2n) is 14.8. The van der Waals surface area contributed by atoms with Crippen LogP contribution in [0.1, 0.15) is 0 Å². The van der Waals surface area contributed by atoms with E-state index in [9.17, 15) is 0 Å². The monoisotopic (exact) mass is 757 g/mol. The van der Waals surface area contributed by atoms with Crippen LogP contribution in [0.5, 0.6) is 0 Å². The van der Waals surface area contributed by atoms with E-state index in [1.165, 1.54) is 41.9 Å². The molecule has 0 radical (unpaired) electrons. The molecule has 0 aliphatic carbocycles. The van der Waals surface area contributed by atoms with Crippen LogP contribution in [0.25, 0.3) is 120 Å². The maximum atomic E-state index is 6.70. The van der Waals surface area contributed by atoms with Crippen molar-refractivity contribution < 1.29 is 4.42 Å². The van der Waals surface area contributed by atoms with Gasteiger partial charge in [-0.2, -0.15) is 0 Å². The largest absolute Gasteiger partial charge is 0.456 e. The average molecular weight is 758 g/mol. The summed E-state index contributed by atoms with van der Waals surface area (Å²) in [4.78, 5) is 15.5. The molecule has 4 nitrogen and oxygen atoms in total. The van der Waals surface area contributed by atoms with Gasteiger partial charge in [0, 0.05) is 53.2 Å². The summed E-state index contributed by atoms with van der Waals surface area (Å²) >= 11 is 1.85. The number of furan rings is 1. The summed E-state index contributed by atoms with van der Waals surface area (Å²) in [7, 11) is 0. The van der Waals surface area contributed by atoms with Gasteiger partial charge in [0.1, 0.15) is 11.2 Å². The third-order valence-electron chi connectivity index (χ3n) is 11.3. The third-order valence-corrected chi connectivity index (χ3v) is 12.5. The molecule has 0 atom stereocenters. The number of hydrogen-bond acceptors (Lipinski definition) is 5. The van der Waals surface area contributed by atoms with Crippen LogP contribution < -0.4 is 0 Å². The molecule has 0 aliphatic heterocycles. The van der Waals surface area contributed by atoms with Gasteiger partial charge in [-0.15, -0.1) is 11.3 Å². The highest BCUT2D eigenvalue weighted by Gasteiger charge is 2.20. The van der Waals surface area contributed by atoms with E-state index in [4.69, 9.17) is 19.4 Å². The van der Waals surface area contributed by atoms with E-state index >= 15 is 0 Å². The molecular formula is C53H31N3OS. The predicted molar refractivity (Wildman–Crippen MR) is 242 cm³/mol. The fourth-order valence-electron chi connectivity index (χ4n) is 8.49. The maximum Gasteiger partial charge on any atom is 0.164 e. The minimum absolute atomic E-state index is 0.596. The first-order valence-corrected chi connectivity index (χ1v) is 20.2. The van der Waals surface area contributed by atoms with Gasteiger partial charge >= 0.3 is 0 Å². The van der Waals surface area contributed by atoms with E-state index in [1.54, 1.807) is 0 Å². The van der Waals surface area contributed by atoms with Crippen molar-refractivity contribution >= 4 is 75.0 Å². The summed E-state index contributed by atoms with van der Waals surface area (Å²) < 4.78 is 9.27. The molecule has 0 spiro atoms. The van der Waals surface area contributed by atoms with Crippen molar-refractivity contribution in [2.45, 2.75) is 0 Å². The molecule has 0 saturated carbocycles. The fraction of sp³-hybridized carbons (Fsp3) is 0. The van der Waals surface area contributed by atoms with Crippen molar-refractivity contribution in [1.82, 2.24) is 15.0 Å². The summed E-state index contributed by atoms with van der Waals surface area (Å²) in [6.07, 6.45) is 0. The number of benzene rings is 9. The van der Waals surface area contributed by atoms with Crippen LogP contribution in [-0.4, -0.2) is 15.0 Å². The van der Waals surface area contributed by atoms with Crippen molar-refractivity contribution in [3.8, 4) is 56.4 Å². The molecular weight excluding hydrogens is 727 g/mol. The lowest BCUT2D eigenvalue weighted by molar-refractivity contribution is 0.669. The van der Waals surface area contributed by atoms with Crippen molar-refractivity contribution in [3.63, 3.8) is 0 Å². The van der Waals surface area contributed by atoms with Gasteiger partial charge in [-0.25, -0.2) is 15.0 Å². The number of fused-ring (bicyclic) bond motifs is 9. The Morgan fingerprint density at radius 3 is 1.86 bits per heavy atom. The Kier molecular flexibility index (Phi) is 7.37. The SMILES string of the molecule is c1ccc(-c2ccc(-c3nc(-c4ccc5ccccc5c4)nc(-c4cccc5oc6cc(-c7cc8ccccc8c8c7sc7ccccc78)ccc6c45)n3)cc2)cc1. The second-order valence-corrected chi connectivity index (χ2v) is 15.8. The Balaban J connectivity index is 1.03. The minimum atomic E-state index is 0.596. The molecule has 0 aliphatic rings. The van der Waals surface area contributed by atoms with Crippen LogP contribution in [0.4, 0.5) is 0 Å². The lowest BCUT2D eigenvalue weighted by atomic mass is 9.96. The summed E-state index contributed by atoms with van der Waals surface area (Å²) in [5.41, 5.74) is 8.99. The first-order chi connectivity index (χ1) is 28.7. The molecule has 0 saturated heterocycles. The molecule has 3 aromatic heterocycles. The molecule has 270 valence electrons. The zero-order valence-electron chi connectivity index (χ0n) is 31.1. The highest BCUT2D eigenvalue weighted by molar-refractivity contribution is 7.26. The van der Waals surface area contributed by atoms with E-state index < -0.39 is 0 Å². The van der Waals surface area contributed by atoms with Gasteiger partial charge in [-0.1, -0.05) is 152 Å². The van der Waals surface area contributed by atoms with Crippen molar-refractivity contribution in [3.05, 3.63) is 188 Å². The normalized spacial score (nSPS) is 11.8. The fourth-order valence-corrected chi connectivity index (χ4v) is 9.75. The van der Waals surface area contributed by atoms with E-state index in [-0.39, 0.29) is 0 Å². The van der Waals surface area contributed by atoms with Crippen LogP contribution in [0, 0.1) is 0 Å². The highest BCUT2D eigenvalue weighted by atomic mass is 32.1. The lowest BCUT2D eigenvalue weighted by Crippen LogP contribution is -2.00. The van der Waals surface area contributed by atoms with Crippen molar-refractivity contribution in [2.75, 3.05) is 0 Å². The molecule has 0 unspecified atom stereocenters. The van der Waals surface area contributed by atoms with Gasteiger partial charge in [0.2, 0.25) is 0 Å². The Bertz CT molecular complexity index is 3570. The Morgan fingerprint density at radius 1 is 0.345 bits per heavy atom. The number of aromatic nitrogens is 3. The number of rotatable bonds is 5. The Labute approximate surface area is 337 Å². The van der Waals surface area contributed by atoms with Crippen molar-refractivity contribution in [1.29, 1.82) is 0 Å². The van der Waals surface area contributed by atoms with Crippen LogP contribution in [0.3, 0.4) is 0 Å². The number of nitrogens with zero attached hydrogens (tertiary/aromatic N) is 3. The topological polar surface area (TPSA) is 51.8 Å². The number of hydrogen-bond donors (Lipinski definition) is 0. The Hall–Kier alpha value is -7.47. The summed E-state index contributed by atoms with van der Waals surface area (Å²) in [5, 5.41) is 9.41. The molecule has 5 heteroatoms. The van der Waals surface area contributed by atoms with Crippen LogP contribution in [0.2, 0.25) is 0 Å². The van der Waals surface area contributed by atoms with E-state index in [2.05, 4.69) is 170 Å². The third kappa shape index (κ3) is 5.32. The lowest BCUT2D eigenvalue weighted by Gasteiger charge is -2.10. The van der Waals surface area contributed by atoms with Gasteiger partial charge in [0.15, 0.2) is 17.5 Å². The predicted octanol–water partition coefficient (Wildman–Crippen LogP) is 14.8. The van der Waals surface area contributed by atoms with E-state index in [0.29, 0.717) is 17.5 Å². The maximum absolute atomic E-state index is 6.70. The highest BCUT2D eigenvalue weighted by Crippen LogP contribution is 2.45. The average Bonchev–Trinajstić information content (AvgIpc) is 3.88. The summed E-state index contributed by atoms with van der Waals surface area (Å²) in [6, 6.07) is 66.2. The molecule has 12 rings (SSSR count). The van der Waals surface area contributed by atoms with Gasteiger partial charge in [-0.05, 0) is 74.6 Å². The van der Waals surface area contributed by atoms with Gasteiger partial charge < -0.3 is 4.42 Å². The van der Waals surface area contributed by atoms with Gasteiger partial charge in [0.05, 0.1) is 0 Å². The quantitative estimate of drug-likeness (QED) is 0.175. The van der Waals surface area contributed by atoms with E-state index in [1.807, 2.05) is 29.5 Å². The smallest absolute Gasteiger partial charge is 0.164 e. The molecule has 12 aromatic rings. The molecule has 58 heavy (non-hydrogen) atoms. The van der Waals surface area contributed by atoms with Crippen LogP contribution in [-0.2, 0) is 0 Å². The molecule has 9 aromatic carbocycles. The molecule has 3 heterocycles. The zero-order valence-corrected chi connectivity index (χ0v) is 31.9. The first-order valence-electron chi connectivity index (χ1n) is 19.4. The molecule has 0 fully saturated rings. The summed E-state index contributed by atoms with van der Waals surface area (Å²) in [5.74, 6) is 1.83. The molecule has 0 N–H and O–H groups in total. The second kappa shape index (κ2) is 13.1. The minimum Gasteiger partial charge on any atom is -0.456 e. The van der Waals surface area contributed by atoms with E-state index in [0.717, 1.165) is 60.7 Å². The number of thiophene rings is 1. The molecule has 0 amide bonds. The molecule has 0 bridgehead atoms. The van der Waals surface area contributed by atoms with Gasteiger partial charge in [0.25, 0.3) is 0 Å². The van der Waals surface area contributed by atoms with Crippen LogP contribution >= 0.6 is 11.3 Å². The summed E-state index contributed by atoms with van der Waals surface area (Å²) in [6.45, 7) is 0. The van der Waals surface area contributed by atoms with Crippen LogP contribution in [0.15, 0.2) is 192 Å². The first kappa shape index (κ1) is 32.7. The van der Waals surface area contributed by atoms with Gasteiger partial charge in [-0.3, -0.25) is 0 Å². The van der Waals surface area contributed by atoms with Crippen molar-refractivity contribution in [2.24, 2.45) is 0 Å². The zero-order chi connectivity index (χ0) is 38.2. The Morgan fingerprint density at radius 2 is 1.00 bits per heavy atom. The standard InChI is InChI=1S/C53H31N3OS/c1-2-11-32(12-3-1)34-21-24-35(25-22-34)51-54-52(39-26-23-33-13-4-5-14-36(33)29-39)56-53(55-51)43-18-10-19-45-48(43)41-28-27-38(31-46(41)57-45)44-30-37-15-6-7-16-40(37)49-42-17-8-9-20-47(42)58-50(44)49/h1-31H.